The Morgan fingerprint density at radius 3 is 2.72 bits per heavy atom. The number of nitrogens with zero attached hydrogens (tertiary/aromatic N) is 2. The van der Waals surface area contributed by atoms with Gasteiger partial charge in [0, 0.05) is 29.9 Å². The standard InChI is InChI=1S/C21H21N3O5/c1-14(15-4-9-18-19(11-15)28-13-27-18)23-29-12-20(25)22-16-5-7-17(8-6-16)24-10-2-3-21(24)26/h4-9,11H,2-3,10,12-13H2,1H3,(H,22,25)/b23-14-. The number of benzene rings is 2. The van der Waals surface area contributed by atoms with Crippen LogP contribution in [0.4, 0.5) is 11.4 Å². The summed E-state index contributed by atoms with van der Waals surface area (Å²) in [6.07, 6.45) is 1.46. The average molecular weight is 395 g/mol. The Morgan fingerprint density at radius 1 is 1.17 bits per heavy atom. The highest BCUT2D eigenvalue weighted by molar-refractivity contribution is 5.99. The fourth-order valence-corrected chi connectivity index (χ4v) is 3.20. The number of amides is 2. The predicted molar refractivity (Wildman–Crippen MR) is 107 cm³/mol. The molecule has 0 saturated carbocycles. The number of carbonyl (C=O) groups is 2. The minimum atomic E-state index is -0.322. The Kier molecular flexibility index (Phi) is 5.33. The lowest BCUT2D eigenvalue weighted by Gasteiger charge is -2.16. The van der Waals surface area contributed by atoms with Crippen LogP contribution in [0.15, 0.2) is 47.6 Å². The molecule has 8 nitrogen and oxygen atoms in total. The van der Waals surface area contributed by atoms with Crippen LogP contribution in [0.5, 0.6) is 11.5 Å². The monoisotopic (exact) mass is 395 g/mol. The summed E-state index contributed by atoms with van der Waals surface area (Å²) in [7, 11) is 0. The molecule has 2 amide bonds. The van der Waals surface area contributed by atoms with Crippen molar-refractivity contribution in [2.24, 2.45) is 5.16 Å². The lowest BCUT2D eigenvalue weighted by molar-refractivity contribution is -0.120. The molecule has 0 radical (unpaired) electrons. The first kappa shape index (κ1) is 18.8. The summed E-state index contributed by atoms with van der Waals surface area (Å²) in [5.74, 6) is 1.17. The summed E-state index contributed by atoms with van der Waals surface area (Å²) in [4.78, 5) is 30.8. The Hall–Kier alpha value is -3.55. The highest BCUT2D eigenvalue weighted by Gasteiger charge is 2.21. The minimum absolute atomic E-state index is 0.130. The molecule has 0 aromatic heterocycles. The molecule has 2 aromatic rings. The molecule has 0 unspecified atom stereocenters. The van der Waals surface area contributed by atoms with Crippen molar-refractivity contribution in [3.63, 3.8) is 0 Å². The topological polar surface area (TPSA) is 89.5 Å². The SMILES string of the molecule is C/C(=N/OCC(=O)Nc1ccc(N2CCCC2=O)cc1)c1ccc2c(c1)OCO2. The van der Waals surface area contributed by atoms with Gasteiger partial charge in [0.05, 0.1) is 5.71 Å². The van der Waals surface area contributed by atoms with Crippen molar-refractivity contribution < 1.29 is 23.9 Å². The lowest BCUT2D eigenvalue weighted by atomic mass is 10.1. The van der Waals surface area contributed by atoms with E-state index in [0.29, 0.717) is 29.3 Å². The molecule has 0 atom stereocenters. The number of anilines is 2. The maximum atomic E-state index is 12.1. The third kappa shape index (κ3) is 4.31. The van der Waals surface area contributed by atoms with Crippen LogP contribution in [0.2, 0.25) is 0 Å². The van der Waals surface area contributed by atoms with Crippen LogP contribution in [0.1, 0.15) is 25.3 Å². The zero-order valence-electron chi connectivity index (χ0n) is 16.0. The van der Waals surface area contributed by atoms with Crippen molar-refractivity contribution in [1.82, 2.24) is 0 Å². The van der Waals surface area contributed by atoms with Gasteiger partial charge in [-0.25, -0.2) is 0 Å². The molecule has 0 aliphatic carbocycles. The zero-order valence-corrected chi connectivity index (χ0v) is 16.0. The lowest BCUT2D eigenvalue weighted by Crippen LogP contribution is -2.23. The number of fused-ring (bicyclic) bond motifs is 1. The first-order valence-corrected chi connectivity index (χ1v) is 9.37. The molecule has 0 spiro atoms. The molecule has 0 bridgehead atoms. The van der Waals surface area contributed by atoms with Gasteiger partial charge < -0.3 is 24.5 Å². The molecule has 2 aliphatic heterocycles. The molecule has 4 rings (SSSR count). The highest BCUT2D eigenvalue weighted by Crippen LogP contribution is 2.32. The van der Waals surface area contributed by atoms with E-state index >= 15 is 0 Å². The van der Waals surface area contributed by atoms with E-state index in [1.807, 2.05) is 30.3 Å². The van der Waals surface area contributed by atoms with Crippen molar-refractivity contribution >= 4 is 28.9 Å². The summed E-state index contributed by atoms with van der Waals surface area (Å²) in [5.41, 5.74) is 2.91. The van der Waals surface area contributed by atoms with E-state index in [1.165, 1.54) is 0 Å². The van der Waals surface area contributed by atoms with Crippen LogP contribution >= 0.6 is 0 Å². The Labute approximate surface area is 168 Å². The molecule has 1 fully saturated rings. The van der Waals surface area contributed by atoms with Crippen LogP contribution in [0, 0.1) is 0 Å². The number of carbonyl (C=O) groups excluding carboxylic acids is 2. The van der Waals surface area contributed by atoms with Crippen molar-refractivity contribution in [2.75, 3.05) is 30.2 Å². The number of hydrogen-bond donors (Lipinski definition) is 1. The van der Waals surface area contributed by atoms with Gasteiger partial charge in [0.1, 0.15) is 0 Å². The maximum absolute atomic E-state index is 12.1. The zero-order chi connectivity index (χ0) is 20.2. The molecular weight excluding hydrogens is 374 g/mol. The normalized spacial score (nSPS) is 15.6. The minimum Gasteiger partial charge on any atom is -0.454 e. The van der Waals surface area contributed by atoms with E-state index in [2.05, 4.69) is 10.5 Å². The van der Waals surface area contributed by atoms with Gasteiger partial charge in [-0.2, -0.15) is 0 Å². The van der Waals surface area contributed by atoms with Gasteiger partial charge in [0.15, 0.2) is 18.1 Å². The van der Waals surface area contributed by atoms with E-state index in [4.69, 9.17) is 14.3 Å². The molecule has 2 aromatic carbocycles. The number of oxime groups is 1. The summed E-state index contributed by atoms with van der Waals surface area (Å²) < 4.78 is 10.6. The van der Waals surface area contributed by atoms with E-state index in [-0.39, 0.29) is 25.2 Å². The molecule has 2 heterocycles. The second-order valence-electron chi connectivity index (χ2n) is 6.76. The molecule has 1 saturated heterocycles. The second-order valence-corrected chi connectivity index (χ2v) is 6.76. The van der Waals surface area contributed by atoms with Crippen molar-refractivity contribution in [3.8, 4) is 11.5 Å². The Morgan fingerprint density at radius 2 is 1.97 bits per heavy atom. The van der Waals surface area contributed by atoms with E-state index < -0.39 is 0 Å². The van der Waals surface area contributed by atoms with Gasteiger partial charge >= 0.3 is 0 Å². The van der Waals surface area contributed by atoms with Crippen molar-refractivity contribution in [1.29, 1.82) is 0 Å². The first-order chi connectivity index (χ1) is 14.1. The molecule has 1 N–H and O–H groups in total. The van der Waals surface area contributed by atoms with Crippen LogP contribution in [0.25, 0.3) is 0 Å². The van der Waals surface area contributed by atoms with Gasteiger partial charge in [-0.3, -0.25) is 9.59 Å². The summed E-state index contributed by atoms with van der Waals surface area (Å²) in [5, 5.41) is 6.74. The number of hydrogen-bond acceptors (Lipinski definition) is 6. The Balaban J connectivity index is 1.28. The quantitative estimate of drug-likeness (QED) is 0.600. The van der Waals surface area contributed by atoms with Crippen LogP contribution in [-0.2, 0) is 14.4 Å². The van der Waals surface area contributed by atoms with Crippen LogP contribution < -0.4 is 19.7 Å². The number of ether oxygens (including phenoxy) is 2. The second kappa shape index (κ2) is 8.22. The summed E-state index contributed by atoms with van der Waals surface area (Å²) in [6, 6.07) is 12.6. The molecular formula is C21H21N3O5. The fourth-order valence-electron chi connectivity index (χ4n) is 3.20. The number of rotatable bonds is 6. The number of nitrogens with one attached hydrogen (secondary N) is 1. The third-order valence-electron chi connectivity index (χ3n) is 4.72. The van der Waals surface area contributed by atoms with E-state index in [9.17, 15) is 9.59 Å². The van der Waals surface area contributed by atoms with Gasteiger partial charge in [-0.1, -0.05) is 5.16 Å². The van der Waals surface area contributed by atoms with Crippen LogP contribution in [0.3, 0.4) is 0 Å². The molecule has 2 aliphatic rings. The van der Waals surface area contributed by atoms with E-state index in [0.717, 1.165) is 24.2 Å². The predicted octanol–water partition coefficient (Wildman–Crippen LogP) is 2.92. The van der Waals surface area contributed by atoms with Gasteiger partial charge in [-0.15, -0.1) is 0 Å². The first-order valence-electron chi connectivity index (χ1n) is 9.37. The fraction of sp³-hybridized carbons (Fsp3) is 0.286. The van der Waals surface area contributed by atoms with Crippen molar-refractivity contribution in [2.45, 2.75) is 19.8 Å². The highest BCUT2D eigenvalue weighted by atomic mass is 16.7. The van der Waals surface area contributed by atoms with Crippen molar-refractivity contribution in [3.05, 3.63) is 48.0 Å². The molecule has 150 valence electrons. The maximum Gasteiger partial charge on any atom is 0.265 e. The average Bonchev–Trinajstić information content (AvgIpc) is 3.36. The Bertz CT molecular complexity index is 955. The van der Waals surface area contributed by atoms with Crippen LogP contribution in [-0.4, -0.2) is 37.5 Å². The summed E-state index contributed by atoms with van der Waals surface area (Å²) >= 11 is 0. The third-order valence-corrected chi connectivity index (χ3v) is 4.72. The van der Waals surface area contributed by atoms with Gasteiger partial charge in [0.25, 0.3) is 5.91 Å². The van der Waals surface area contributed by atoms with Gasteiger partial charge in [-0.05, 0) is 55.8 Å². The molecule has 8 heteroatoms. The van der Waals surface area contributed by atoms with E-state index in [1.54, 1.807) is 24.0 Å². The largest absolute Gasteiger partial charge is 0.454 e. The summed E-state index contributed by atoms with van der Waals surface area (Å²) in [6.45, 7) is 2.52. The smallest absolute Gasteiger partial charge is 0.265 e. The van der Waals surface area contributed by atoms with Gasteiger partial charge in [0.2, 0.25) is 12.7 Å². The molecule has 29 heavy (non-hydrogen) atoms.